The molecule has 1 rings (SSSR count). The molecule has 0 spiro atoms. The summed E-state index contributed by atoms with van der Waals surface area (Å²) in [6.45, 7) is 0. The standard InChI is InChI=1S/C8H7Cl2O2S/c9-5-6-13(11,12)8-3-1-7(10)2-4-8/h1,3-4H,5-6H2. The lowest BCUT2D eigenvalue weighted by Gasteiger charge is -2.00. The van der Waals surface area contributed by atoms with Gasteiger partial charge in [0, 0.05) is 17.0 Å². The number of benzene rings is 1. The summed E-state index contributed by atoms with van der Waals surface area (Å²) in [5.41, 5.74) is 0. The predicted octanol–water partition coefficient (Wildman–Crippen LogP) is 2.15. The summed E-state index contributed by atoms with van der Waals surface area (Å²) in [6, 6.07) is 6.89. The topological polar surface area (TPSA) is 34.1 Å². The highest BCUT2D eigenvalue weighted by atomic mass is 35.5. The fraction of sp³-hybridized carbons (Fsp3) is 0.250. The van der Waals surface area contributed by atoms with Gasteiger partial charge in [0.2, 0.25) is 0 Å². The summed E-state index contributed by atoms with van der Waals surface area (Å²) < 4.78 is 22.8. The number of sulfone groups is 1. The Kier molecular flexibility index (Phi) is 3.59. The second-order valence-corrected chi connectivity index (χ2v) is 5.27. The molecule has 0 aliphatic rings. The summed E-state index contributed by atoms with van der Waals surface area (Å²) in [7, 11) is -3.25. The lowest BCUT2D eigenvalue weighted by molar-refractivity contribution is 0.597. The van der Waals surface area contributed by atoms with Crippen LogP contribution in [0.1, 0.15) is 0 Å². The first kappa shape index (κ1) is 10.8. The molecule has 2 nitrogen and oxygen atoms in total. The van der Waals surface area contributed by atoms with Gasteiger partial charge in [-0.15, -0.1) is 11.6 Å². The van der Waals surface area contributed by atoms with Gasteiger partial charge in [0.05, 0.1) is 10.6 Å². The molecule has 71 valence electrons. The van der Waals surface area contributed by atoms with Gasteiger partial charge in [-0.2, -0.15) is 0 Å². The lowest BCUT2D eigenvalue weighted by atomic mass is 10.4. The molecule has 0 saturated carbocycles. The first-order chi connectivity index (χ1) is 6.06. The van der Waals surface area contributed by atoms with Crippen LogP contribution >= 0.6 is 23.2 Å². The van der Waals surface area contributed by atoms with E-state index in [2.05, 4.69) is 6.07 Å². The Balaban J connectivity index is 3.02. The van der Waals surface area contributed by atoms with Gasteiger partial charge in [-0.25, -0.2) is 8.42 Å². The fourth-order valence-corrected chi connectivity index (χ4v) is 2.48. The molecule has 0 aliphatic heterocycles. The third kappa shape index (κ3) is 2.86. The van der Waals surface area contributed by atoms with E-state index in [9.17, 15) is 8.42 Å². The van der Waals surface area contributed by atoms with E-state index >= 15 is 0 Å². The zero-order chi connectivity index (χ0) is 9.90. The van der Waals surface area contributed by atoms with E-state index in [1.807, 2.05) is 0 Å². The van der Waals surface area contributed by atoms with Crippen molar-refractivity contribution < 1.29 is 8.42 Å². The van der Waals surface area contributed by atoms with E-state index in [1.54, 1.807) is 0 Å². The molecule has 0 N–H and O–H groups in total. The van der Waals surface area contributed by atoms with Crippen molar-refractivity contribution in [1.29, 1.82) is 0 Å². The van der Waals surface area contributed by atoms with Crippen molar-refractivity contribution in [2.75, 3.05) is 11.6 Å². The van der Waals surface area contributed by atoms with Crippen LogP contribution in [0.3, 0.4) is 0 Å². The summed E-state index contributed by atoms with van der Waals surface area (Å²) >= 11 is 10.9. The molecule has 0 amide bonds. The zero-order valence-electron chi connectivity index (χ0n) is 6.63. The normalized spacial score (nSPS) is 11.5. The number of hydrogen-bond acceptors (Lipinski definition) is 2. The largest absolute Gasteiger partial charge is 0.224 e. The minimum absolute atomic E-state index is 0.0654. The van der Waals surface area contributed by atoms with Crippen molar-refractivity contribution in [3.8, 4) is 0 Å². The summed E-state index contributed by atoms with van der Waals surface area (Å²) in [5, 5.41) is 0.393. The molecule has 0 unspecified atom stereocenters. The van der Waals surface area contributed by atoms with Crippen LogP contribution in [0.4, 0.5) is 0 Å². The minimum Gasteiger partial charge on any atom is -0.224 e. The Bertz CT molecular complexity index is 370. The molecule has 5 heteroatoms. The van der Waals surface area contributed by atoms with Gasteiger partial charge in [0.1, 0.15) is 0 Å². The minimum atomic E-state index is -3.25. The van der Waals surface area contributed by atoms with Crippen molar-refractivity contribution in [3.05, 3.63) is 29.3 Å². The molecule has 0 bridgehead atoms. The predicted molar refractivity (Wildman–Crippen MR) is 53.1 cm³/mol. The quantitative estimate of drug-likeness (QED) is 0.756. The van der Waals surface area contributed by atoms with Gasteiger partial charge in [-0.05, 0) is 18.2 Å². The average molecular weight is 238 g/mol. The molecule has 1 radical (unpaired) electrons. The van der Waals surface area contributed by atoms with E-state index in [1.165, 1.54) is 18.2 Å². The van der Waals surface area contributed by atoms with E-state index in [0.717, 1.165) is 0 Å². The van der Waals surface area contributed by atoms with Gasteiger partial charge in [-0.3, -0.25) is 0 Å². The molecule has 0 atom stereocenters. The van der Waals surface area contributed by atoms with Crippen molar-refractivity contribution in [1.82, 2.24) is 0 Å². The number of halogens is 2. The summed E-state index contributed by atoms with van der Waals surface area (Å²) in [5.74, 6) is 0.0228. The van der Waals surface area contributed by atoms with Gasteiger partial charge in [0.15, 0.2) is 9.84 Å². The molecule has 0 aliphatic carbocycles. The maximum Gasteiger partial charge on any atom is 0.179 e. The number of hydrogen-bond donors (Lipinski definition) is 0. The van der Waals surface area contributed by atoms with Crippen LogP contribution in [0.5, 0.6) is 0 Å². The van der Waals surface area contributed by atoms with Crippen LogP contribution in [-0.4, -0.2) is 20.1 Å². The Labute approximate surface area is 87.4 Å². The third-order valence-corrected chi connectivity index (χ3v) is 3.81. The van der Waals surface area contributed by atoms with Crippen LogP contribution in [0, 0.1) is 6.07 Å². The first-order valence-corrected chi connectivity index (χ1v) is 6.09. The van der Waals surface area contributed by atoms with Crippen molar-refractivity contribution in [2.24, 2.45) is 0 Å². The van der Waals surface area contributed by atoms with Crippen LogP contribution in [0.15, 0.2) is 23.1 Å². The third-order valence-electron chi connectivity index (χ3n) is 1.45. The van der Waals surface area contributed by atoms with E-state index in [0.29, 0.717) is 5.02 Å². The van der Waals surface area contributed by atoms with Crippen molar-refractivity contribution in [3.63, 3.8) is 0 Å². The molecule has 0 saturated heterocycles. The second-order valence-electron chi connectivity index (χ2n) is 2.38. The fourth-order valence-electron chi connectivity index (χ4n) is 0.804. The Morgan fingerprint density at radius 1 is 1.38 bits per heavy atom. The highest BCUT2D eigenvalue weighted by molar-refractivity contribution is 7.91. The smallest absolute Gasteiger partial charge is 0.179 e. The highest BCUT2D eigenvalue weighted by Gasteiger charge is 2.12. The monoisotopic (exact) mass is 237 g/mol. The molecule has 0 fully saturated rings. The van der Waals surface area contributed by atoms with Crippen molar-refractivity contribution in [2.45, 2.75) is 4.90 Å². The Morgan fingerprint density at radius 3 is 2.54 bits per heavy atom. The lowest BCUT2D eigenvalue weighted by Crippen LogP contribution is -2.07. The zero-order valence-corrected chi connectivity index (χ0v) is 8.96. The van der Waals surface area contributed by atoms with Gasteiger partial charge in [0.25, 0.3) is 0 Å². The highest BCUT2D eigenvalue weighted by Crippen LogP contribution is 2.14. The van der Waals surface area contributed by atoms with Crippen molar-refractivity contribution >= 4 is 33.0 Å². The Hall–Kier alpha value is -0.250. The summed E-state index contributed by atoms with van der Waals surface area (Å²) in [6.07, 6.45) is 0. The molecule has 0 heterocycles. The van der Waals surface area contributed by atoms with Gasteiger partial charge < -0.3 is 0 Å². The molecular formula is C8H7Cl2O2S. The Morgan fingerprint density at radius 2 is 2.08 bits per heavy atom. The first-order valence-electron chi connectivity index (χ1n) is 3.52. The maximum absolute atomic E-state index is 11.4. The summed E-state index contributed by atoms with van der Waals surface area (Å²) in [4.78, 5) is 0.206. The number of alkyl halides is 1. The molecule has 0 aromatic heterocycles. The van der Waals surface area contributed by atoms with Crippen LogP contribution in [0.25, 0.3) is 0 Å². The molecule has 1 aromatic rings. The molecule has 13 heavy (non-hydrogen) atoms. The SMILES string of the molecule is O=S(=O)(CCCl)c1c[c]c(Cl)cc1. The van der Waals surface area contributed by atoms with E-state index in [4.69, 9.17) is 23.2 Å². The second kappa shape index (κ2) is 4.31. The van der Waals surface area contributed by atoms with Crippen LogP contribution in [-0.2, 0) is 9.84 Å². The molecular weight excluding hydrogens is 231 g/mol. The van der Waals surface area contributed by atoms with E-state index < -0.39 is 9.84 Å². The van der Waals surface area contributed by atoms with Crippen LogP contribution < -0.4 is 0 Å². The van der Waals surface area contributed by atoms with Gasteiger partial charge in [-0.1, -0.05) is 11.6 Å². The molecule has 1 aromatic carbocycles. The number of rotatable bonds is 3. The van der Waals surface area contributed by atoms with Crippen LogP contribution in [0.2, 0.25) is 5.02 Å². The van der Waals surface area contributed by atoms with E-state index in [-0.39, 0.29) is 16.5 Å². The van der Waals surface area contributed by atoms with Gasteiger partial charge >= 0.3 is 0 Å². The maximum atomic E-state index is 11.4. The average Bonchev–Trinajstić information content (AvgIpc) is 2.05.